The molecule has 0 radical (unpaired) electrons. The predicted molar refractivity (Wildman–Crippen MR) is 103 cm³/mol. The summed E-state index contributed by atoms with van der Waals surface area (Å²) in [7, 11) is 1.54. The van der Waals surface area contributed by atoms with Gasteiger partial charge in [-0.1, -0.05) is 44.2 Å². The van der Waals surface area contributed by atoms with Gasteiger partial charge in [0.15, 0.2) is 6.04 Å². The highest BCUT2D eigenvalue weighted by molar-refractivity contribution is 5.94. The smallest absolute Gasteiger partial charge is 0.251 e. The third kappa shape index (κ3) is 4.05. The van der Waals surface area contributed by atoms with E-state index in [1.54, 1.807) is 25.3 Å². The van der Waals surface area contributed by atoms with Gasteiger partial charge in [0, 0.05) is 11.3 Å². The van der Waals surface area contributed by atoms with Crippen LogP contribution in [0.3, 0.4) is 0 Å². The summed E-state index contributed by atoms with van der Waals surface area (Å²) < 4.78 is 5.13. The molecule has 1 amide bonds. The van der Waals surface area contributed by atoms with Crippen molar-refractivity contribution in [2.75, 3.05) is 18.2 Å². The van der Waals surface area contributed by atoms with Gasteiger partial charge in [0.1, 0.15) is 5.75 Å². The summed E-state index contributed by atoms with van der Waals surface area (Å²) in [6.07, 6.45) is 0. The average Bonchev–Trinajstić information content (AvgIpc) is 3.12. The van der Waals surface area contributed by atoms with Crippen molar-refractivity contribution in [2.45, 2.75) is 19.9 Å². The molecular formula is C19H22N6O2. The number of methoxy groups -OCH3 is 1. The standard InChI is InChI=1S/C19H22N6O2/c1-12(2)17(19(26)21-14-9-10-16(27-3)15(20)11-14)25-23-18(22-24-25)13-7-5-4-6-8-13/h4-12,17H,20H2,1-3H3,(H,21,26). The van der Waals surface area contributed by atoms with Crippen LogP contribution in [0.25, 0.3) is 11.4 Å². The molecule has 2 aromatic carbocycles. The van der Waals surface area contributed by atoms with Gasteiger partial charge < -0.3 is 15.8 Å². The van der Waals surface area contributed by atoms with Crippen molar-refractivity contribution in [1.29, 1.82) is 0 Å². The van der Waals surface area contributed by atoms with Crippen molar-refractivity contribution in [3.8, 4) is 17.1 Å². The number of carbonyl (C=O) groups excluding carboxylic acids is 1. The van der Waals surface area contributed by atoms with Gasteiger partial charge in [-0.3, -0.25) is 4.79 Å². The Bertz CT molecular complexity index is 923. The molecule has 0 aliphatic carbocycles. The van der Waals surface area contributed by atoms with Gasteiger partial charge in [-0.2, -0.15) is 4.80 Å². The summed E-state index contributed by atoms with van der Waals surface area (Å²) in [6.45, 7) is 3.86. The molecule has 0 spiro atoms. The molecule has 140 valence electrons. The molecule has 0 saturated carbocycles. The molecule has 0 saturated heterocycles. The second-order valence-electron chi connectivity index (χ2n) is 6.43. The average molecular weight is 366 g/mol. The first-order valence-corrected chi connectivity index (χ1v) is 8.59. The van der Waals surface area contributed by atoms with E-state index in [2.05, 4.69) is 20.7 Å². The molecule has 1 heterocycles. The minimum Gasteiger partial charge on any atom is -0.495 e. The summed E-state index contributed by atoms with van der Waals surface area (Å²) in [5.74, 6) is 0.742. The minimum atomic E-state index is -0.613. The predicted octanol–water partition coefficient (Wildman–Crippen LogP) is 2.77. The third-order valence-corrected chi connectivity index (χ3v) is 4.11. The molecule has 8 nitrogen and oxygen atoms in total. The van der Waals surface area contributed by atoms with E-state index >= 15 is 0 Å². The Morgan fingerprint density at radius 3 is 2.56 bits per heavy atom. The van der Waals surface area contributed by atoms with Crippen LogP contribution < -0.4 is 15.8 Å². The Hall–Kier alpha value is -3.42. The summed E-state index contributed by atoms with van der Waals surface area (Å²) in [5, 5.41) is 15.4. The van der Waals surface area contributed by atoms with Gasteiger partial charge in [0.05, 0.1) is 12.8 Å². The van der Waals surface area contributed by atoms with E-state index in [4.69, 9.17) is 10.5 Å². The SMILES string of the molecule is COc1ccc(NC(=O)C(C(C)C)n2nnc(-c3ccccc3)n2)cc1N. The van der Waals surface area contributed by atoms with E-state index in [0.29, 0.717) is 22.9 Å². The number of nitrogens with two attached hydrogens (primary N) is 1. The lowest BCUT2D eigenvalue weighted by atomic mass is 10.0. The van der Waals surface area contributed by atoms with Crippen LogP contribution in [0.4, 0.5) is 11.4 Å². The number of tetrazole rings is 1. The van der Waals surface area contributed by atoms with Crippen molar-refractivity contribution in [2.24, 2.45) is 5.92 Å². The number of anilines is 2. The van der Waals surface area contributed by atoms with Gasteiger partial charge in [-0.25, -0.2) is 0 Å². The van der Waals surface area contributed by atoms with Gasteiger partial charge in [0.25, 0.3) is 5.91 Å². The molecule has 1 atom stereocenters. The third-order valence-electron chi connectivity index (χ3n) is 4.11. The Morgan fingerprint density at radius 2 is 1.93 bits per heavy atom. The van der Waals surface area contributed by atoms with E-state index in [1.165, 1.54) is 4.80 Å². The van der Waals surface area contributed by atoms with Crippen molar-refractivity contribution in [3.63, 3.8) is 0 Å². The molecule has 3 aromatic rings. The Balaban J connectivity index is 1.82. The second kappa shape index (κ2) is 7.86. The Kier molecular flexibility index (Phi) is 5.35. The van der Waals surface area contributed by atoms with E-state index < -0.39 is 6.04 Å². The molecule has 1 aromatic heterocycles. The topological polar surface area (TPSA) is 108 Å². The number of benzene rings is 2. The number of carbonyl (C=O) groups is 1. The minimum absolute atomic E-state index is 0.0431. The van der Waals surface area contributed by atoms with Gasteiger partial charge in [0.2, 0.25) is 5.82 Å². The summed E-state index contributed by atoms with van der Waals surface area (Å²) in [5.41, 5.74) is 7.77. The van der Waals surface area contributed by atoms with Crippen LogP contribution >= 0.6 is 0 Å². The summed E-state index contributed by atoms with van der Waals surface area (Å²) >= 11 is 0. The summed E-state index contributed by atoms with van der Waals surface area (Å²) in [4.78, 5) is 14.2. The van der Waals surface area contributed by atoms with E-state index in [1.807, 2.05) is 44.2 Å². The Morgan fingerprint density at radius 1 is 1.19 bits per heavy atom. The molecular weight excluding hydrogens is 344 g/mol. The molecule has 1 unspecified atom stereocenters. The Labute approximate surface area is 157 Å². The van der Waals surface area contributed by atoms with Gasteiger partial charge in [-0.15, -0.1) is 10.2 Å². The molecule has 8 heteroatoms. The number of aromatic nitrogens is 4. The monoisotopic (exact) mass is 366 g/mol. The van der Waals surface area contributed by atoms with Gasteiger partial charge in [-0.05, 0) is 29.3 Å². The quantitative estimate of drug-likeness (QED) is 0.650. The molecule has 0 aliphatic rings. The van der Waals surface area contributed by atoms with Crippen molar-refractivity contribution in [3.05, 3.63) is 48.5 Å². The van der Waals surface area contributed by atoms with Crippen LogP contribution in [0, 0.1) is 5.92 Å². The highest BCUT2D eigenvalue weighted by Gasteiger charge is 2.27. The van der Waals surface area contributed by atoms with Crippen molar-refractivity contribution < 1.29 is 9.53 Å². The number of rotatable bonds is 6. The van der Waals surface area contributed by atoms with Crippen molar-refractivity contribution >= 4 is 17.3 Å². The number of hydrogen-bond acceptors (Lipinski definition) is 6. The van der Waals surface area contributed by atoms with Crippen LogP contribution in [0.2, 0.25) is 0 Å². The van der Waals surface area contributed by atoms with Crippen LogP contribution in [0.5, 0.6) is 5.75 Å². The molecule has 0 fully saturated rings. The van der Waals surface area contributed by atoms with Crippen LogP contribution in [0.15, 0.2) is 48.5 Å². The fourth-order valence-electron chi connectivity index (χ4n) is 2.75. The second-order valence-corrected chi connectivity index (χ2v) is 6.43. The highest BCUT2D eigenvalue weighted by atomic mass is 16.5. The van der Waals surface area contributed by atoms with Gasteiger partial charge >= 0.3 is 0 Å². The highest BCUT2D eigenvalue weighted by Crippen LogP contribution is 2.26. The zero-order valence-electron chi connectivity index (χ0n) is 15.5. The lowest BCUT2D eigenvalue weighted by Crippen LogP contribution is -2.31. The van der Waals surface area contributed by atoms with Crippen LogP contribution in [-0.2, 0) is 4.79 Å². The maximum absolute atomic E-state index is 12.9. The number of hydrogen-bond donors (Lipinski definition) is 2. The number of nitrogens with one attached hydrogen (secondary N) is 1. The maximum Gasteiger partial charge on any atom is 0.251 e. The lowest BCUT2D eigenvalue weighted by molar-refractivity contribution is -0.121. The van der Waals surface area contributed by atoms with Crippen molar-refractivity contribution in [1.82, 2.24) is 20.2 Å². The number of amides is 1. The molecule has 0 aliphatic heterocycles. The normalized spacial score (nSPS) is 12.0. The first kappa shape index (κ1) is 18.4. The first-order valence-electron chi connectivity index (χ1n) is 8.59. The van der Waals surface area contributed by atoms with Crippen LogP contribution in [-0.4, -0.2) is 33.2 Å². The number of nitrogen functional groups attached to an aromatic ring is 1. The molecule has 0 bridgehead atoms. The molecule has 3 rings (SSSR count). The zero-order valence-corrected chi connectivity index (χ0v) is 15.5. The maximum atomic E-state index is 12.9. The van der Waals surface area contributed by atoms with E-state index in [0.717, 1.165) is 5.56 Å². The number of nitrogens with zero attached hydrogens (tertiary/aromatic N) is 4. The van der Waals surface area contributed by atoms with Crippen LogP contribution in [0.1, 0.15) is 19.9 Å². The fraction of sp³-hybridized carbons (Fsp3) is 0.263. The summed E-state index contributed by atoms with van der Waals surface area (Å²) in [6, 6.07) is 14.0. The zero-order chi connectivity index (χ0) is 19.4. The first-order chi connectivity index (χ1) is 13.0. The van der Waals surface area contributed by atoms with E-state index in [9.17, 15) is 4.79 Å². The fourth-order valence-corrected chi connectivity index (χ4v) is 2.75. The lowest BCUT2D eigenvalue weighted by Gasteiger charge is -2.19. The van der Waals surface area contributed by atoms with E-state index in [-0.39, 0.29) is 11.8 Å². The molecule has 3 N–H and O–H groups in total. The molecule has 27 heavy (non-hydrogen) atoms. The largest absolute Gasteiger partial charge is 0.495 e. The number of ether oxygens (including phenoxy) is 1.